The molecular formula is C23H27N3O4. The molecule has 1 saturated heterocycles. The Labute approximate surface area is 176 Å². The summed E-state index contributed by atoms with van der Waals surface area (Å²) in [5.41, 5.74) is 2.73. The SMILES string of the molecule is COc1cc(C(=O)N2CCC(Cn3cnc4ccccc43)CC2)cc(OC)c1OC. The summed E-state index contributed by atoms with van der Waals surface area (Å²) in [6.45, 7) is 2.38. The Morgan fingerprint density at radius 1 is 1.03 bits per heavy atom. The molecule has 3 aromatic rings. The highest BCUT2D eigenvalue weighted by Crippen LogP contribution is 2.38. The zero-order valence-electron chi connectivity index (χ0n) is 17.6. The van der Waals surface area contributed by atoms with Gasteiger partial charge in [-0.05, 0) is 43.0 Å². The molecule has 0 N–H and O–H groups in total. The number of hydrogen-bond acceptors (Lipinski definition) is 5. The van der Waals surface area contributed by atoms with Crippen molar-refractivity contribution >= 4 is 16.9 Å². The highest BCUT2D eigenvalue weighted by molar-refractivity contribution is 5.95. The van der Waals surface area contributed by atoms with Crippen LogP contribution in [-0.4, -0.2) is 54.8 Å². The molecule has 2 heterocycles. The van der Waals surface area contributed by atoms with Gasteiger partial charge in [-0.3, -0.25) is 4.79 Å². The zero-order chi connectivity index (χ0) is 21.1. The minimum atomic E-state index is -0.0132. The summed E-state index contributed by atoms with van der Waals surface area (Å²) < 4.78 is 18.3. The number of ether oxygens (including phenoxy) is 3. The molecule has 0 radical (unpaired) electrons. The molecule has 7 nitrogen and oxygen atoms in total. The van der Waals surface area contributed by atoms with E-state index in [-0.39, 0.29) is 5.91 Å². The summed E-state index contributed by atoms with van der Waals surface area (Å²) >= 11 is 0. The molecular weight excluding hydrogens is 382 g/mol. The lowest BCUT2D eigenvalue weighted by Gasteiger charge is -2.32. The molecule has 1 amide bonds. The maximum Gasteiger partial charge on any atom is 0.254 e. The molecule has 4 rings (SSSR count). The van der Waals surface area contributed by atoms with E-state index >= 15 is 0 Å². The number of carbonyl (C=O) groups is 1. The first-order valence-corrected chi connectivity index (χ1v) is 10.1. The minimum absolute atomic E-state index is 0.0132. The Morgan fingerprint density at radius 2 is 1.70 bits per heavy atom. The second-order valence-electron chi connectivity index (χ2n) is 7.54. The number of rotatable bonds is 6. The van der Waals surface area contributed by atoms with Gasteiger partial charge in [0, 0.05) is 25.2 Å². The molecule has 0 unspecified atom stereocenters. The summed E-state index contributed by atoms with van der Waals surface area (Å²) in [4.78, 5) is 19.5. The molecule has 0 spiro atoms. The topological polar surface area (TPSA) is 65.8 Å². The van der Waals surface area contributed by atoms with E-state index in [1.165, 1.54) is 0 Å². The van der Waals surface area contributed by atoms with Crippen molar-refractivity contribution in [2.45, 2.75) is 19.4 Å². The Hall–Kier alpha value is -3.22. The summed E-state index contributed by atoms with van der Waals surface area (Å²) in [6.07, 6.45) is 3.84. The van der Waals surface area contributed by atoms with Crippen LogP contribution in [0.3, 0.4) is 0 Å². The fourth-order valence-corrected chi connectivity index (χ4v) is 4.14. The van der Waals surface area contributed by atoms with Crippen molar-refractivity contribution in [1.29, 1.82) is 0 Å². The van der Waals surface area contributed by atoms with Crippen molar-refractivity contribution in [3.8, 4) is 17.2 Å². The smallest absolute Gasteiger partial charge is 0.254 e. The number of amides is 1. The average Bonchev–Trinajstić information content (AvgIpc) is 3.20. The quantitative estimate of drug-likeness (QED) is 0.622. The summed E-state index contributed by atoms with van der Waals surface area (Å²) in [7, 11) is 4.66. The molecule has 2 aromatic carbocycles. The van der Waals surface area contributed by atoms with Crippen LogP contribution < -0.4 is 14.2 Å². The second kappa shape index (κ2) is 8.65. The van der Waals surface area contributed by atoms with Crippen LogP contribution in [0.25, 0.3) is 11.0 Å². The lowest BCUT2D eigenvalue weighted by Crippen LogP contribution is -2.39. The maximum absolute atomic E-state index is 13.1. The van der Waals surface area contributed by atoms with Gasteiger partial charge in [-0.2, -0.15) is 0 Å². The van der Waals surface area contributed by atoms with Gasteiger partial charge < -0.3 is 23.7 Å². The highest BCUT2D eigenvalue weighted by atomic mass is 16.5. The van der Waals surface area contributed by atoms with Crippen LogP contribution in [0.15, 0.2) is 42.7 Å². The van der Waals surface area contributed by atoms with E-state index in [1.807, 2.05) is 29.4 Å². The number of piperidine rings is 1. The van der Waals surface area contributed by atoms with Crippen LogP contribution >= 0.6 is 0 Å². The number of para-hydroxylation sites is 2. The first-order valence-electron chi connectivity index (χ1n) is 10.1. The monoisotopic (exact) mass is 409 g/mol. The number of aromatic nitrogens is 2. The fraction of sp³-hybridized carbons (Fsp3) is 0.391. The average molecular weight is 409 g/mol. The normalized spacial score (nSPS) is 14.7. The molecule has 0 aliphatic carbocycles. The van der Waals surface area contributed by atoms with Crippen LogP contribution in [-0.2, 0) is 6.54 Å². The number of fused-ring (bicyclic) bond motifs is 1. The van der Waals surface area contributed by atoms with Gasteiger partial charge in [0.1, 0.15) is 0 Å². The first-order chi connectivity index (χ1) is 14.6. The number of imidazole rings is 1. The van der Waals surface area contributed by atoms with E-state index in [0.29, 0.717) is 28.7 Å². The maximum atomic E-state index is 13.1. The predicted molar refractivity (Wildman–Crippen MR) is 114 cm³/mol. The number of hydrogen-bond donors (Lipinski definition) is 0. The van der Waals surface area contributed by atoms with Gasteiger partial charge in [-0.15, -0.1) is 0 Å². The van der Waals surface area contributed by atoms with Crippen molar-refractivity contribution in [1.82, 2.24) is 14.5 Å². The highest BCUT2D eigenvalue weighted by Gasteiger charge is 2.26. The molecule has 7 heteroatoms. The third kappa shape index (κ3) is 3.79. The lowest BCUT2D eigenvalue weighted by molar-refractivity contribution is 0.0682. The van der Waals surface area contributed by atoms with Gasteiger partial charge in [-0.25, -0.2) is 4.98 Å². The van der Waals surface area contributed by atoms with Crippen LogP contribution in [0.1, 0.15) is 23.2 Å². The summed E-state index contributed by atoms with van der Waals surface area (Å²) in [5, 5.41) is 0. The largest absolute Gasteiger partial charge is 0.493 e. The van der Waals surface area contributed by atoms with Gasteiger partial charge in [0.25, 0.3) is 5.91 Å². The van der Waals surface area contributed by atoms with Gasteiger partial charge in [0.05, 0.1) is 38.7 Å². The molecule has 0 bridgehead atoms. The number of likely N-dealkylation sites (tertiary alicyclic amines) is 1. The molecule has 0 saturated carbocycles. The van der Waals surface area contributed by atoms with Gasteiger partial charge in [0.2, 0.25) is 5.75 Å². The summed E-state index contributed by atoms with van der Waals surface area (Å²) in [5.74, 6) is 1.97. The van der Waals surface area contributed by atoms with Crippen molar-refractivity contribution in [3.05, 3.63) is 48.3 Å². The lowest BCUT2D eigenvalue weighted by atomic mass is 9.96. The minimum Gasteiger partial charge on any atom is -0.493 e. The van der Waals surface area contributed by atoms with Crippen molar-refractivity contribution < 1.29 is 19.0 Å². The Kier molecular flexibility index (Phi) is 5.79. The Morgan fingerprint density at radius 3 is 2.33 bits per heavy atom. The zero-order valence-corrected chi connectivity index (χ0v) is 17.6. The third-order valence-electron chi connectivity index (χ3n) is 5.80. The van der Waals surface area contributed by atoms with Crippen molar-refractivity contribution in [2.75, 3.05) is 34.4 Å². The molecule has 1 aliphatic heterocycles. The second-order valence-corrected chi connectivity index (χ2v) is 7.54. The Bertz CT molecular complexity index is 1010. The molecule has 1 aliphatic rings. The van der Waals surface area contributed by atoms with Crippen LogP contribution in [0, 0.1) is 5.92 Å². The molecule has 158 valence electrons. The van der Waals surface area contributed by atoms with E-state index in [1.54, 1.807) is 33.5 Å². The van der Waals surface area contributed by atoms with E-state index in [0.717, 1.165) is 43.5 Å². The van der Waals surface area contributed by atoms with E-state index in [9.17, 15) is 4.79 Å². The number of nitrogens with zero attached hydrogens (tertiary/aromatic N) is 3. The van der Waals surface area contributed by atoms with Gasteiger partial charge in [0.15, 0.2) is 11.5 Å². The van der Waals surface area contributed by atoms with E-state index in [4.69, 9.17) is 14.2 Å². The van der Waals surface area contributed by atoms with Crippen LogP contribution in [0.4, 0.5) is 0 Å². The van der Waals surface area contributed by atoms with E-state index < -0.39 is 0 Å². The fourth-order valence-electron chi connectivity index (χ4n) is 4.14. The first kappa shape index (κ1) is 20.1. The molecule has 30 heavy (non-hydrogen) atoms. The molecule has 0 atom stereocenters. The molecule has 1 aromatic heterocycles. The number of benzene rings is 2. The van der Waals surface area contributed by atoms with Gasteiger partial charge in [-0.1, -0.05) is 12.1 Å². The van der Waals surface area contributed by atoms with E-state index in [2.05, 4.69) is 15.6 Å². The molecule has 1 fully saturated rings. The third-order valence-corrected chi connectivity index (χ3v) is 5.80. The standard InChI is InChI=1S/C23H27N3O4/c1-28-20-12-17(13-21(29-2)22(20)30-3)23(27)25-10-8-16(9-11-25)14-26-15-24-18-6-4-5-7-19(18)26/h4-7,12-13,15-16H,8-11,14H2,1-3H3. The van der Waals surface area contributed by atoms with Crippen molar-refractivity contribution in [3.63, 3.8) is 0 Å². The number of carbonyl (C=O) groups excluding carboxylic acids is 1. The van der Waals surface area contributed by atoms with Crippen molar-refractivity contribution in [2.24, 2.45) is 5.92 Å². The van der Waals surface area contributed by atoms with Crippen LogP contribution in [0.2, 0.25) is 0 Å². The van der Waals surface area contributed by atoms with Crippen LogP contribution in [0.5, 0.6) is 17.2 Å². The predicted octanol–water partition coefficient (Wildman–Crippen LogP) is 3.61. The van der Waals surface area contributed by atoms with Gasteiger partial charge >= 0.3 is 0 Å². The summed E-state index contributed by atoms with van der Waals surface area (Å²) in [6, 6.07) is 11.6. The number of methoxy groups -OCH3 is 3. The Balaban J connectivity index is 1.43.